The van der Waals surface area contributed by atoms with E-state index in [0.29, 0.717) is 12.1 Å². The highest BCUT2D eigenvalue weighted by molar-refractivity contribution is 5.75. The summed E-state index contributed by atoms with van der Waals surface area (Å²) in [6.45, 7) is 3.37. The smallest absolute Gasteiger partial charge is 0.219 e. The molecule has 0 bridgehead atoms. The molecule has 17 heavy (non-hydrogen) atoms. The number of halogens is 1. The van der Waals surface area contributed by atoms with Crippen LogP contribution in [-0.4, -0.2) is 16.3 Å². The number of anilines is 1. The number of nitrogens with one attached hydrogen (secondary N) is 1. The molecule has 0 radical (unpaired) electrons. The Hall–Kier alpha value is -1.84. The van der Waals surface area contributed by atoms with E-state index >= 15 is 0 Å². The van der Waals surface area contributed by atoms with E-state index in [9.17, 15) is 4.39 Å². The molecule has 0 spiro atoms. The van der Waals surface area contributed by atoms with Gasteiger partial charge >= 0.3 is 0 Å². The standard InChI is InChI=1S/C13H14FN3/c1-2-17-13(14)11(8-16-17)9-4-3-5-12-10(9)6-7-15-12/h3-5,8,15H,2,6-7H2,1H3. The first-order chi connectivity index (χ1) is 8.31. The summed E-state index contributed by atoms with van der Waals surface area (Å²) >= 11 is 0. The summed E-state index contributed by atoms with van der Waals surface area (Å²) in [4.78, 5) is 0. The molecule has 1 aromatic heterocycles. The van der Waals surface area contributed by atoms with E-state index in [0.717, 1.165) is 24.2 Å². The zero-order valence-corrected chi connectivity index (χ0v) is 9.70. The van der Waals surface area contributed by atoms with Crippen LogP contribution in [-0.2, 0) is 13.0 Å². The molecule has 0 fully saturated rings. The average Bonchev–Trinajstić information content (AvgIpc) is 2.94. The van der Waals surface area contributed by atoms with Crippen LogP contribution in [0.25, 0.3) is 11.1 Å². The minimum atomic E-state index is -0.243. The lowest BCUT2D eigenvalue weighted by Gasteiger charge is -2.06. The van der Waals surface area contributed by atoms with Crippen LogP contribution >= 0.6 is 0 Å². The lowest BCUT2D eigenvalue weighted by molar-refractivity contribution is 0.473. The van der Waals surface area contributed by atoms with E-state index in [4.69, 9.17) is 0 Å². The number of aryl methyl sites for hydroxylation is 1. The van der Waals surface area contributed by atoms with Gasteiger partial charge in [0.15, 0.2) is 0 Å². The van der Waals surface area contributed by atoms with E-state index < -0.39 is 0 Å². The molecule has 0 saturated carbocycles. The Balaban J connectivity index is 2.16. The van der Waals surface area contributed by atoms with Crippen LogP contribution < -0.4 is 5.32 Å². The number of rotatable bonds is 2. The lowest BCUT2D eigenvalue weighted by atomic mass is 10.0. The van der Waals surface area contributed by atoms with Crippen LogP contribution in [0.3, 0.4) is 0 Å². The molecule has 0 atom stereocenters. The third-order valence-electron chi connectivity index (χ3n) is 3.23. The zero-order valence-electron chi connectivity index (χ0n) is 9.70. The number of aromatic nitrogens is 2. The van der Waals surface area contributed by atoms with Gasteiger partial charge in [0.05, 0.1) is 11.8 Å². The summed E-state index contributed by atoms with van der Waals surface area (Å²) in [5.41, 5.74) is 3.88. The largest absolute Gasteiger partial charge is 0.384 e. The molecular formula is C13H14FN3. The van der Waals surface area contributed by atoms with Crippen molar-refractivity contribution in [3.05, 3.63) is 35.9 Å². The monoisotopic (exact) mass is 231 g/mol. The summed E-state index contributed by atoms with van der Waals surface area (Å²) in [5, 5.41) is 7.36. The van der Waals surface area contributed by atoms with Crippen LogP contribution in [0, 0.1) is 5.95 Å². The Labute approximate surface area is 99.3 Å². The summed E-state index contributed by atoms with van der Waals surface area (Å²) in [5.74, 6) is -0.243. The van der Waals surface area contributed by atoms with Gasteiger partial charge in [-0.2, -0.15) is 9.49 Å². The summed E-state index contributed by atoms with van der Waals surface area (Å²) in [6, 6.07) is 5.95. The van der Waals surface area contributed by atoms with Gasteiger partial charge < -0.3 is 5.32 Å². The fraction of sp³-hybridized carbons (Fsp3) is 0.308. The Kier molecular flexibility index (Phi) is 2.35. The topological polar surface area (TPSA) is 29.9 Å². The lowest BCUT2D eigenvalue weighted by Crippen LogP contribution is -1.99. The van der Waals surface area contributed by atoms with Crippen molar-refractivity contribution in [1.29, 1.82) is 0 Å². The van der Waals surface area contributed by atoms with Crippen molar-refractivity contribution in [3.8, 4) is 11.1 Å². The molecular weight excluding hydrogens is 217 g/mol. The molecule has 1 aromatic carbocycles. The highest BCUT2D eigenvalue weighted by atomic mass is 19.1. The van der Waals surface area contributed by atoms with Gasteiger partial charge in [-0.1, -0.05) is 12.1 Å². The third kappa shape index (κ3) is 1.52. The number of nitrogens with zero attached hydrogens (tertiary/aromatic N) is 2. The minimum Gasteiger partial charge on any atom is -0.384 e. The Bertz CT molecular complexity index is 560. The molecule has 1 aliphatic heterocycles. The predicted molar refractivity (Wildman–Crippen MR) is 65.5 cm³/mol. The SMILES string of the molecule is CCn1ncc(-c2cccc3c2CCN3)c1F. The van der Waals surface area contributed by atoms with Crippen molar-refractivity contribution in [1.82, 2.24) is 9.78 Å². The molecule has 3 rings (SSSR count). The number of hydrogen-bond donors (Lipinski definition) is 1. The van der Waals surface area contributed by atoms with E-state index in [2.05, 4.69) is 10.4 Å². The van der Waals surface area contributed by atoms with Gasteiger partial charge in [0.25, 0.3) is 0 Å². The molecule has 0 unspecified atom stereocenters. The molecule has 0 saturated heterocycles. The number of hydrogen-bond acceptors (Lipinski definition) is 2. The van der Waals surface area contributed by atoms with Gasteiger partial charge in [0.2, 0.25) is 5.95 Å². The maximum absolute atomic E-state index is 14.1. The normalized spacial score (nSPS) is 13.5. The molecule has 0 aliphatic carbocycles. The van der Waals surface area contributed by atoms with Crippen molar-refractivity contribution < 1.29 is 4.39 Å². The fourth-order valence-electron chi connectivity index (χ4n) is 2.37. The van der Waals surface area contributed by atoms with Crippen LogP contribution in [0.2, 0.25) is 0 Å². The first-order valence-electron chi connectivity index (χ1n) is 5.88. The van der Waals surface area contributed by atoms with Gasteiger partial charge in [-0.3, -0.25) is 0 Å². The molecule has 1 N–H and O–H groups in total. The highest BCUT2D eigenvalue weighted by Gasteiger charge is 2.19. The Morgan fingerprint density at radius 3 is 3.06 bits per heavy atom. The summed E-state index contributed by atoms with van der Waals surface area (Å²) < 4.78 is 15.5. The second-order valence-electron chi connectivity index (χ2n) is 4.17. The Morgan fingerprint density at radius 1 is 1.41 bits per heavy atom. The van der Waals surface area contributed by atoms with E-state index in [1.807, 2.05) is 25.1 Å². The molecule has 1 aliphatic rings. The molecule has 2 aromatic rings. The van der Waals surface area contributed by atoms with Gasteiger partial charge in [-0.25, -0.2) is 4.68 Å². The average molecular weight is 231 g/mol. The molecule has 4 heteroatoms. The first kappa shape index (κ1) is 10.3. The third-order valence-corrected chi connectivity index (χ3v) is 3.23. The second-order valence-corrected chi connectivity index (χ2v) is 4.17. The highest BCUT2D eigenvalue weighted by Crippen LogP contribution is 2.33. The second kappa shape index (κ2) is 3.87. The minimum absolute atomic E-state index is 0.243. The van der Waals surface area contributed by atoms with Gasteiger partial charge in [0.1, 0.15) is 0 Å². The van der Waals surface area contributed by atoms with E-state index in [-0.39, 0.29) is 5.95 Å². The summed E-state index contributed by atoms with van der Waals surface area (Å²) in [6.07, 6.45) is 2.56. The van der Waals surface area contributed by atoms with Crippen molar-refractivity contribution in [2.45, 2.75) is 19.9 Å². The van der Waals surface area contributed by atoms with Gasteiger partial charge in [-0.05, 0) is 30.5 Å². The molecule has 0 amide bonds. The van der Waals surface area contributed by atoms with Crippen LogP contribution in [0.15, 0.2) is 24.4 Å². The number of fused-ring (bicyclic) bond motifs is 1. The molecule has 88 valence electrons. The van der Waals surface area contributed by atoms with Crippen LogP contribution in [0.1, 0.15) is 12.5 Å². The van der Waals surface area contributed by atoms with E-state index in [1.54, 1.807) is 6.20 Å². The first-order valence-corrected chi connectivity index (χ1v) is 5.88. The quantitative estimate of drug-likeness (QED) is 0.861. The fourth-order valence-corrected chi connectivity index (χ4v) is 2.37. The zero-order chi connectivity index (χ0) is 11.8. The van der Waals surface area contributed by atoms with E-state index in [1.165, 1.54) is 10.2 Å². The van der Waals surface area contributed by atoms with Crippen molar-refractivity contribution in [2.24, 2.45) is 0 Å². The van der Waals surface area contributed by atoms with Crippen LogP contribution in [0.5, 0.6) is 0 Å². The molecule has 2 heterocycles. The van der Waals surface area contributed by atoms with Gasteiger partial charge in [0, 0.05) is 18.8 Å². The van der Waals surface area contributed by atoms with Gasteiger partial charge in [-0.15, -0.1) is 0 Å². The maximum Gasteiger partial charge on any atom is 0.219 e. The molecule has 3 nitrogen and oxygen atoms in total. The maximum atomic E-state index is 14.1. The van der Waals surface area contributed by atoms with Crippen molar-refractivity contribution in [3.63, 3.8) is 0 Å². The van der Waals surface area contributed by atoms with Crippen molar-refractivity contribution >= 4 is 5.69 Å². The van der Waals surface area contributed by atoms with Crippen molar-refractivity contribution in [2.75, 3.05) is 11.9 Å². The van der Waals surface area contributed by atoms with Crippen LogP contribution in [0.4, 0.5) is 10.1 Å². The predicted octanol–water partition coefficient (Wildman–Crippen LogP) is 2.68. The Morgan fingerprint density at radius 2 is 2.29 bits per heavy atom. The summed E-state index contributed by atoms with van der Waals surface area (Å²) in [7, 11) is 0. The number of benzene rings is 1.